The van der Waals surface area contributed by atoms with E-state index in [4.69, 9.17) is 4.74 Å². The van der Waals surface area contributed by atoms with Crippen LogP contribution in [-0.4, -0.2) is 5.97 Å². The average molecular weight is 274 g/mol. The topological polar surface area (TPSA) is 26.3 Å². The highest BCUT2D eigenvalue weighted by molar-refractivity contribution is 5.72. The van der Waals surface area contributed by atoms with Crippen molar-refractivity contribution in [3.63, 3.8) is 0 Å². The molecule has 0 spiro atoms. The van der Waals surface area contributed by atoms with E-state index in [-0.39, 0.29) is 5.97 Å². The Balaban J connectivity index is 2.06. The number of rotatable bonds is 10. The van der Waals surface area contributed by atoms with Gasteiger partial charge < -0.3 is 4.74 Å². The lowest BCUT2D eigenvalue weighted by molar-refractivity contribution is -0.134. The highest BCUT2D eigenvalue weighted by atomic mass is 16.5. The summed E-state index contributed by atoms with van der Waals surface area (Å²) in [6, 6.07) is 7.62. The molecule has 0 saturated heterocycles. The normalized spacial score (nSPS) is 10.2. The van der Waals surface area contributed by atoms with Crippen molar-refractivity contribution in [3.8, 4) is 5.75 Å². The van der Waals surface area contributed by atoms with Gasteiger partial charge in [0.15, 0.2) is 0 Å². The maximum absolute atomic E-state index is 11.7. The van der Waals surface area contributed by atoms with Gasteiger partial charge in [0.25, 0.3) is 0 Å². The number of ether oxygens (including phenoxy) is 1. The molecule has 2 heteroatoms. The van der Waals surface area contributed by atoms with Gasteiger partial charge in [0, 0.05) is 6.42 Å². The lowest BCUT2D eigenvalue weighted by atomic mass is 10.1. The molecular formula is C18H26O2. The minimum Gasteiger partial charge on any atom is -0.426 e. The van der Waals surface area contributed by atoms with Crippen molar-refractivity contribution < 1.29 is 9.53 Å². The summed E-state index contributed by atoms with van der Waals surface area (Å²) in [4.78, 5) is 11.7. The van der Waals surface area contributed by atoms with E-state index >= 15 is 0 Å². The molecule has 1 aromatic carbocycles. The zero-order valence-electron chi connectivity index (χ0n) is 12.6. The lowest BCUT2D eigenvalue weighted by Gasteiger charge is -2.06. The van der Waals surface area contributed by atoms with Crippen molar-refractivity contribution in [1.29, 1.82) is 0 Å². The third kappa shape index (κ3) is 7.13. The molecule has 0 bridgehead atoms. The minimum absolute atomic E-state index is 0.119. The molecule has 0 aliphatic rings. The number of hydrogen-bond acceptors (Lipinski definition) is 2. The predicted molar refractivity (Wildman–Crippen MR) is 83.9 cm³/mol. The lowest BCUT2D eigenvalue weighted by Crippen LogP contribution is -2.08. The van der Waals surface area contributed by atoms with E-state index in [1.165, 1.54) is 25.7 Å². The van der Waals surface area contributed by atoms with E-state index in [9.17, 15) is 4.79 Å². The number of carbonyl (C=O) groups excluding carboxylic acids is 1. The molecule has 1 rings (SSSR count). The molecule has 0 atom stereocenters. The van der Waals surface area contributed by atoms with Gasteiger partial charge in [-0.2, -0.15) is 0 Å². The monoisotopic (exact) mass is 274 g/mol. The molecule has 0 aliphatic carbocycles. The number of para-hydroxylation sites is 1. The predicted octanol–water partition coefficient (Wildman–Crippen LogP) is 5.21. The molecule has 0 unspecified atom stereocenters. The zero-order valence-corrected chi connectivity index (χ0v) is 12.6. The Morgan fingerprint density at radius 2 is 1.75 bits per heavy atom. The summed E-state index contributed by atoms with van der Waals surface area (Å²) in [5.41, 5.74) is 1.00. The highest BCUT2D eigenvalue weighted by Gasteiger charge is 2.06. The van der Waals surface area contributed by atoms with Gasteiger partial charge in [-0.1, -0.05) is 50.0 Å². The van der Waals surface area contributed by atoms with Crippen LogP contribution in [0.15, 0.2) is 36.9 Å². The number of esters is 1. The summed E-state index contributed by atoms with van der Waals surface area (Å²) < 4.78 is 5.35. The fourth-order valence-electron chi connectivity index (χ4n) is 2.11. The maximum Gasteiger partial charge on any atom is 0.311 e. The molecule has 1 aromatic rings. The molecule has 0 N–H and O–H groups in total. The largest absolute Gasteiger partial charge is 0.426 e. The van der Waals surface area contributed by atoms with Crippen LogP contribution in [0, 0.1) is 6.92 Å². The van der Waals surface area contributed by atoms with Crippen LogP contribution < -0.4 is 4.74 Å². The van der Waals surface area contributed by atoms with Crippen molar-refractivity contribution in [2.45, 2.75) is 58.3 Å². The van der Waals surface area contributed by atoms with Gasteiger partial charge in [-0.3, -0.25) is 4.79 Å². The third-order valence-electron chi connectivity index (χ3n) is 3.36. The Kier molecular flexibility index (Phi) is 8.44. The standard InChI is InChI=1S/C18H26O2/c1-3-4-5-6-7-8-9-10-15-18(19)20-17-14-12-11-13-16(17)2/h3,11-14H,1,4-10,15H2,2H3. The maximum atomic E-state index is 11.7. The van der Waals surface area contributed by atoms with Crippen molar-refractivity contribution >= 4 is 5.97 Å². The van der Waals surface area contributed by atoms with Gasteiger partial charge >= 0.3 is 5.97 Å². The van der Waals surface area contributed by atoms with Gasteiger partial charge in [0.1, 0.15) is 5.75 Å². The first-order valence-electron chi connectivity index (χ1n) is 7.61. The number of allylic oxidation sites excluding steroid dienone is 1. The van der Waals surface area contributed by atoms with Crippen LogP contribution >= 0.6 is 0 Å². The molecule has 0 fully saturated rings. The molecular weight excluding hydrogens is 248 g/mol. The third-order valence-corrected chi connectivity index (χ3v) is 3.36. The van der Waals surface area contributed by atoms with Crippen LogP contribution in [0.25, 0.3) is 0 Å². The van der Waals surface area contributed by atoms with Gasteiger partial charge in [-0.25, -0.2) is 0 Å². The Morgan fingerprint density at radius 1 is 1.10 bits per heavy atom. The molecule has 0 saturated carbocycles. The second-order valence-electron chi connectivity index (χ2n) is 5.19. The van der Waals surface area contributed by atoms with E-state index in [1.54, 1.807) is 0 Å². The molecule has 0 radical (unpaired) electrons. The number of aryl methyl sites for hydroxylation is 1. The number of benzene rings is 1. The molecule has 2 nitrogen and oxygen atoms in total. The van der Waals surface area contributed by atoms with Crippen molar-refractivity contribution in [2.24, 2.45) is 0 Å². The van der Waals surface area contributed by atoms with Crippen LogP contribution in [0.3, 0.4) is 0 Å². The summed E-state index contributed by atoms with van der Waals surface area (Å²) in [5.74, 6) is 0.563. The molecule has 0 amide bonds. The molecule has 0 aromatic heterocycles. The zero-order chi connectivity index (χ0) is 14.6. The second-order valence-corrected chi connectivity index (χ2v) is 5.19. The van der Waals surface area contributed by atoms with Gasteiger partial charge in [-0.05, 0) is 37.8 Å². The quantitative estimate of drug-likeness (QED) is 0.253. The molecule has 20 heavy (non-hydrogen) atoms. The Morgan fingerprint density at radius 3 is 2.45 bits per heavy atom. The number of carbonyl (C=O) groups is 1. The van der Waals surface area contributed by atoms with Crippen LogP contribution in [0.2, 0.25) is 0 Å². The minimum atomic E-state index is -0.119. The summed E-state index contributed by atoms with van der Waals surface area (Å²) in [5, 5.41) is 0. The van der Waals surface area contributed by atoms with Gasteiger partial charge in [-0.15, -0.1) is 6.58 Å². The number of unbranched alkanes of at least 4 members (excludes halogenated alkanes) is 6. The van der Waals surface area contributed by atoms with Gasteiger partial charge in [0.2, 0.25) is 0 Å². The highest BCUT2D eigenvalue weighted by Crippen LogP contribution is 2.17. The average Bonchev–Trinajstić information content (AvgIpc) is 2.44. The first kappa shape index (κ1) is 16.5. The van der Waals surface area contributed by atoms with Crippen molar-refractivity contribution in [2.75, 3.05) is 0 Å². The Bertz CT molecular complexity index is 410. The van der Waals surface area contributed by atoms with Crippen LogP contribution in [0.4, 0.5) is 0 Å². The number of hydrogen-bond donors (Lipinski definition) is 0. The first-order valence-corrected chi connectivity index (χ1v) is 7.61. The Labute approximate surface area is 122 Å². The van der Waals surface area contributed by atoms with E-state index in [1.807, 2.05) is 37.3 Å². The second kappa shape index (κ2) is 10.2. The first-order chi connectivity index (χ1) is 9.74. The molecule has 0 aliphatic heterocycles. The fraction of sp³-hybridized carbons (Fsp3) is 0.500. The summed E-state index contributed by atoms with van der Waals surface area (Å²) in [6.45, 7) is 5.67. The summed E-state index contributed by atoms with van der Waals surface area (Å²) in [7, 11) is 0. The molecule has 0 heterocycles. The van der Waals surface area contributed by atoms with Crippen molar-refractivity contribution in [1.82, 2.24) is 0 Å². The van der Waals surface area contributed by atoms with Crippen molar-refractivity contribution in [3.05, 3.63) is 42.5 Å². The Hall–Kier alpha value is -1.57. The van der Waals surface area contributed by atoms with E-state index in [0.29, 0.717) is 12.2 Å². The SMILES string of the molecule is C=CCCCCCCCCC(=O)Oc1ccccc1C. The molecule has 110 valence electrons. The van der Waals surface area contributed by atoms with Crippen LogP contribution in [0.1, 0.15) is 56.9 Å². The van der Waals surface area contributed by atoms with Gasteiger partial charge in [0.05, 0.1) is 0 Å². The summed E-state index contributed by atoms with van der Waals surface area (Å²) >= 11 is 0. The van der Waals surface area contributed by atoms with E-state index in [2.05, 4.69) is 6.58 Å². The smallest absolute Gasteiger partial charge is 0.311 e. The summed E-state index contributed by atoms with van der Waals surface area (Å²) in [6.07, 6.45) is 10.6. The van der Waals surface area contributed by atoms with E-state index in [0.717, 1.165) is 24.8 Å². The van der Waals surface area contributed by atoms with E-state index < -0.39 is 0 Å². The van der Waals surface area contributed by atoms with Crippen LogP contribution in [-0.2, 0) is 4.79 Å². The fourth-order valence-corrected chi connectivity index (χ4v) is 2.11. The van der Waals surface area contributed by atoms with Crippen LogP contribution in [0.5, 0.6) is 5.75 Å².